The van der Waals surface area contributed by atoms with Crippen LogP contribution in [0.15, 0.2) is 36.5 Å². The number of anilines is 2. The molecule has 0 radical (unpaired) electrons. The van der Waals surface area contributed by atoms with Gasteiger partial charge in [0.2, 0.25) is 5.95 Å². The van der Waals surface area contributed by atoms with E-state index in [4.69, 9.17) is 4.98 Å². The van der Waals surface area contributed by atoms with Gasteiger partial charge in [0, 0.05) is 25.2 Å². The number of benzene rings is 1. The van der Waals surface area contributed by atoms with Crippen LogP contribution in [-0.2, 0) is 6.54 Å². The lowest BCUT2D eigenvalue weighted by atomic mass is 10.0. The van der Waals surface area contributed by atoms with E-state index in [0.717, 1.165) is 31.3 Å². The fraction of sp³-hybridized carbons (Fsp3) is 0.550. The quantitative estimate of drug-likeness (QED) is 0.794. The molecule has 0 N–H and O–H groups in total. The van der Waals surface area contributed by atoms with E-state index in [-0.39, 0.29) is 0 Å². The number of nitrogens with zero attached hydrogens (tertiary/aromatic N) is 5. The van der Waals surface area contributed by atoms with Crippen LogP contribution in [0.5, 0.6) is 0 Å². The van der Waals surface area contributed by atoms with Gasteiger partial charge in [-0.25, -0.2) is 0 Å². The molecule has 0 aliphatic carbocycles. The van der Waals surface area contributed by atoms with Gasteiger partial charge in [-0.05, 0) is 45.1 Å². The van der Waals surface area contributed by atoms with Gasteiger partial charge in [-0.15, -0.1) is 5.10 Å². The molecule has 134 valence electrons. The molecule has 1 fully saturated rings. The second kappa shape index (κ2) is 8.28. The molecule has 0 amide bonds. The molecule has 0 bridgehead atoms. The minimum Gasteiger partial charge on any atom is -0.348 e. The summed E-state index contributed by atoms with van der Waals surface area (Å²) in [7, 11) is 0. The lowest BCUT2D eigenvalue weighted by molar-refractivity contribution is 0.441. The maximum atomic E-state index is 4.89. The van der Waals surface area contributed by atoms with Crippen LogP contribution in [0.3, 0.4) is 0 Å². The second-order valence-corrected chi connectivity index (χ2v) is 7.07. The van der Waals surface area contributed by atoms with Gasteiger partial charge in [0.05, 0.1) is 6.20 Å². The summed E-state index contributed by atoms with van der Waals surface area (Å²) in [4.78, 5) is 9.53. The Morgan fingerprint density at radius 3 is 2.72 bits per heavy atom. The highest BCUT2D eigenvalue weighted by atomic mass is 15.4. The van der Waals surface area contributed by atoms with Gasteiger partial charge in [0.15, 0.2) is 5.82 Å². The largest absolute Gasteiger partial charge is 0.348 e. The normalized spacial score (nSPS) is 17.8. The number of hydrogen-bond donors (Lipinski definition) is 0. The molecule has 0 spiro atoms. The van der Waals surface area contributed by atoms with E-state index in [1.54, 1.807) is 6.20 Å². The Morgan fingerprint density at radius 1 is 1.20 bits per heavy atom. The molecule has 1 aromatic carbocycles. The molecule has 1 unspecified atom stereocenters. The van der Waals surface area contributed by atoms with E-state index in [9.17, 15) is 0 Å². The molecule has 3 rings (SSSR count). The highest BCUT2D eigenvalue weighted by molar-refractivity contribution is 5.44. The van der Waals surface area contributed by atoms with E-state index in [1.165, 1.54) is 24.8 Å². The minimum absolute atomic E-state index is 0.341. The van der Waals surface area contributed by atoms with Crippen LogP contribution >= 0.6 is 0 Å². The Bertz CT molecular complexity index is 658. The summed E-state index contributed by atoms with van der Waals surface area (Å²) in [5, 5.41) is 8.63. The lowest BCUT2D eigenvalue weighted by Crippen LogP contribution is -2.41. The first-order valence-electron chi connectivity index (χ1n) is 9.46. The molecule has 2 aromatic rings. The zero-order valence-electron chi connectivity index (χ0n) is 15.6. The molecule has 25 heavy (non-hydrogen) atoms. The molecule has 0 saturated carbocycles. The summed E-state index contributed by atoms with van der Waals surface area (Å²) in [5.41, 5.74) is 1.28. The van der Waals surface area contributed by atoms with Gasteiger partial charge in [0.1, 0.15) is 0 Å². The van der Waals surface area contributed by atoms with Crippen molar-refractivity contribution in [2.75, 3.05) is 16.3 Å². The monoisotopic (exact) mass is 339 g/mol. The van der Waals surface area contributed by atoms with Crippen molar-refractivity contribution in [3.63, 3.8) is 0 Å². The van der Waals surface area contributed by atoms with E-state index in [1.807, 2.05) is 0 Å². The van der Waals surface area contributed by atoms with Gasteiger partial charge in [0.25, 0.3) is 0 Å². The highest BCUT2D eigenvalue weighted by Gasteiger charge is 2.24. The first-order valence-corrected chi connectivity index (χ1v) is 9.46. The third-order valence-corrected chi connectivity index (χ3v) is 5.00. The van der Waals surface area contributed by atoms with Gasteiger partial charge < -0.3 is 9.80 Å². The maximum absolute atomic E-state index is 4.89. The van der Waals surface area contributed by atoms with Crippen LogP contribution in [-0.4, -0.2) is 33.8 Å². The third-order valence-electron chi connectivity index (χ3n) is 5.00. The third kappa shape index (κ3) is 4.27. The molecular formula is C20H29N5. The summed E-state index contributed by atoms with van der Waals surface area (Å²) in [6.45, 7) is 8.49. The van der Waals surface area contributed by atoms with Crippen LogP contribution in [0.25, 0.3) is 0 Å². The molecule has 1 aromatic heterocycles. The number of aromatic nitrogens is 3. The topological polar surface area (TPSA) is 45.2 Å². The van der Waals surface area contributed by atoms with Crippen LogP contribution in [0.1, 0.15) is 52.0 Å². The number of rotatable bonds is 6. The molecule has 1 saturated heterocycles. The van der Waals surface area contributed by atoms with Crippen LogP contribution in [0, 0.1) is 0 Å². The summed E-state index contributed by atoms with van der Waals surface area (Å²) in [5.74, 6) is 1.69. The summed E-state index contributed by atoms with van der Waals surface area (Å²) in [6, 6.07) is 11.4. The predicted molar refractivity (Wildman–Crippen MR) is 103 cm³/mol. The molecule has 5 nitrogen and oxygen atoms in total. The van der Waals surface area contributed by atoms with E-state index in [0.29, 0.717) is 12.1 Å². The number of hydrogen-bond acceptors (Lipinski definition) is 5. The van der Waals surface area contributed by atoms with E-state index >= 15 is 0 Å². The second-order valence-electron chi connectivity index (χ2n) is 7.07. The van der Waals surface area contributed by atoms with Crippen molar-refractivity contribution in [1.82, 2.24) is 15.2 Å². The summed E-state index contributed by atoms with van der Waals surface area (Å²) < 4.78 is 0. The molecular weight excluding hydrogens is 310 g/mol. The molecule has 1 aliphatic heterocycles. The molecule has 5 heteroatoms. The minimum atomic E-state index is 0.341. The van der Waals surface area contributed by atoms with Crippen molar-refractivity contribution >= 4 is 11.8 Å². The lowest BCUT2D eigenvalue weighted by Gasteiger charge is -2.35. The van der Waals surface area contributed by atoms with Gasteiger partial charge in [-0.2, -0.15) is 10.1 Å². The number of piperidine rings is 1. The Balaban J connectivity index is 1.85. The van der Waals surface area contributed by atoms with Gasteiger partial charge in [-0.1, -0.05) is 37.3 Å². The fourth-order valence-corrected chi connectivity index (χ4v) is 3.54. The standard InChI is InChI=1S/C20H29N5/c1-4-18-12-8-9-13-24(18)20-22-19(14-21-23-20)25(16(2)3)15-17-10-6-5-7-11-17/h5-7,10-11,14,16,18H,4,8-9,12-13,15H2,1-3H3. The van der Waals surface area contributed by atoms with Crippen LogP contribution < -0.4 is 9.80 Å². The molecule has 2 heterocycles. The SMILES string of the molecule is CCC1CCCCN1c1nncc(N(Cc2ccccc2)C(C)C)n1. The summed E-state index contributed by atoms with van der Waals surface area (Å²) in [6.07, 6.45) is 6.65. The molecule has 1 aliphatic rings. The van der Waals surface area contributed by atoms with Crippen molar-refractivity contribution in [2.24, 2.45) is 0 Å². The zero-order chi connectivity index (χ0) is 17.6. The fourth-order valence-electron chi connectivity index (χ4n) is 3.54. The smallest absolute Gasteiger partial charge is 0.247 e. The zero-order valence-corrected chi connectivity index (χ0v) is 15.6. The summed E-state index contributed by atoms with van der Waals surface area (Å²) >= 11 is 0. The van der Waals surface area contributed by atoms with Gasteiger partial charge in [-0.3, -0.25) is 0 Å². The Hall–Kier alpha value is -2.17. The van der Waals surface area contributed by atoms with Crippen LogP contribution in [0.2, 0.25) is 0 Å². The maximum Gasteiger partial charge on any atom is 0.247 e. The Labute approximate surface area is 151 Å². The molecule has 1 atom stereocenters. The van der Waals surface area contributed by atoms with Gasteiger partial charge >= 0.3 is 0 Å². The van der Waals surface area contributed by atoms with Crippen molar-refractivity contribution in [3.05, 3.63) is 42.1 Å². The highest BCUT2D eigenvalue weighted by Crippen LogP contribution is 2.25. The van der Waals surface area contributed by atoms with Crippen molar-refractivity contribution < 1.29 is 0 Å². The first kappa shape index (κ1) is 17.6. The van der Waals surface area contributed by atoms with Crippen LogP contribution in [0.4, 0.5) is 11.8 Å². The van der Waals surface area contributed by atoms with Crippen molar-refractivity contribution in [3.8, 4) is 0 Å². The Morgan fingerprint density at radius 2 is 2.00 bits per heavy atom. The average molecular weight is 339 g/mol. The van der Waals surface area contributed by atoms with Crippen molar-refractivity contribution in [1.29, 1.82) is 0 Å². The van der Waals surface area contributed by atoms with E-state index in [2.05, 4.69) is 71.1 Å². The van der Waals surface area contributed by atoms with E-state index < -0.39 is 0 Å². The average Bonchev–Trinajstić information content (AvgIpc) is 2.66. The Kier molecular flexibility index (Phi) is 5.84. The van der Waals surface area contributed by atoms with Crippen molar-refractivity contribution in [2.45, 2.75) is 65.1 Å². The predicted octanol–water partition coefficient (Wildman–Crippen LogP) is 4.06. The first-order chi connectivity index (χ1) is 12.2.